The van der Waals surface area contributed by atoms with E-state index in [9.17, 15) is 14.0 Å². The monoisotopic (exact) mass is 468 g/mol. The molecule has 1 N–H and O–H groups in total. The van der Waals surface area contributed by atoms with Crippen LogP contribution in [-0.2, 0) is 28.9 Å². The summed E-state index contributed by atoms with van der Waals surface area (Å²) in [5.41, 5.74) is 2.27. The third-order valence-corrected chi connectivity index (χ3v) is 6.70. The van der Waals surface area contributed by atoms with Crippen molar-refractivity contribution in [3.63, 3.8) is 0 Å². The van der Waals surface area contributed by atoms with Gasteiger partial charge in [-0.2, -0.15) is 5.10 Å². The molecule has 1 atom stereocenters. The van der Waals surface area contributed by atoms with E-state index in [2.05, 4.69) is 10.2 Å². The van der Waals surface area contributed by atoms with Crippen molar-refractivity contribution in [3.05, 3.63) is 57.9 Å². The molecule has 0 unspecified atom stereocenters. The SMILES string of the molecule is [C-]#[N+]c1cc(C(=O)OC[C@H](C)Cn2nc(CC)c3c2CC2(CCOCC2)CNC3=O)ccc1F. The predicted octanol–water partition coefficient (Wildman–Crippen LogP) is 3.71. The molecular weight excluding hydrogens is 439 g/mol. The summed E-state index contributed by atoms with van der Waals surface area (Å²) in [6.45, 7) is 13.6. The molecule has 9 heteroatoms. The van der Waals surface area contributed by atoms with Crippen molar-refractivity contribution in [2.24, 2.45) is 11.3 Å². The van der Waals surface area contributed by atoms with E-state index in [4.69, 9.17) is 21.1 Å². The Kier molecular flexibility index (Phi) is 6.98. The first-order valence-corrected chi connectivity index (χ1v) is 11.6. The molecule has 34 heavy (non-hydrogen) atoms. The topological polar surface area (TPSA) is 86.8 Å². The molecule has 3 heterocycles. The van der Waals surface area contributed by atoms with E-state index in [-0.39, 0.29) is 35.1 Å². The Morgan fingerprint density at radius 3 is 2.88 bits per heavy atom. The highest BCUT2D eigenvalue weighted by molar-refractivity contribution is 5.97. The van der Waals surface area contributed by atoms with Gasteiger partial charge in [0.25, 0.3) is 5.91 Å². The zero-order valence-corrected chi connectivity index (χ0v) is 19.5. The summed E-state index contributed by atoms with van der Waals surface area (Å²) >= 11 is 0. The van der Waals surface area contributed by atoms with Gasteiger partial charge < -0.3 is 14.8 Å². The van der Waals surface area contributed by atoms with E-state index in [1.54, 1.807) is 0 Å². The molecule has 0 radical (unpaired) electrons. The lowest BCUT2D eigenvalue weighted by Crippen LogP contribution is -2.41. The van der Waals surface area contributed by atoms with Crippen molar-refractivity contribution in [2.45, 2.75) is 46.1 Å². The Labute approximate surface area is 198 Å². The van der Waals surface area contributed by atoms with Gasteiger partial charge in [-0.25, -0.2) is 14.0 Å². The van der Waals surface area contributed by atoms with Crippen LogP contribution in [0, 0.1) is 23.7 Å². The molecule has 1 fully saturated rings. The minimum Gasteiger partial charge on any atom is -0.462 e. The van der Waals surface area contributed by atoms with Gasteiger partial charge in [0.15, 0.2) is 0 Å². The Bertz CT molecular complexity index is 1130. The third kappa shape index (κ3) is 4.82. The lowest BCUT2D eigenvalue weighted by atomic mass is 9.76. The van der Waals surface area contributed by atoms with Crippen molar-refractivity contribution >= 4 is 17.6 Å². The highest BCUT2D eigenvalue weighted by atomic mass is 19.1. The second-order valence-electron chi connectivity index (χ2n) is 9.26. The highest BCUT2D eigenvalue weighted by Crippen LogP contribution is 2.37. The van der Waals surface area contributed by atoms with Gasteiger partial charge in [-0.1, -0.05) is 13.8 Å². The minimum absolute atomic E-state index is 0.0408. The quantitative estimate of drug-likeness (QED) is 0.516. The first kappa shape index (κ1) is 23.9. The number of hydrogen-bond donors (Lipinski definition) is 1. The smallest absolute Gasteiger partial charge is 0.336 e. The number of esters is 1. The Balaban J connectivity index is 1.49. The maximum Gasteiger partial charge on any atom is 0.336 e. The number of aryl methyl sites for hydroxylation is 1. The molecule has 2 aromatic rings. The number of benzene rings is 1. The highest BCUT2D eigenvalue weighted by Gasteiger charge is 2.39. The number of halogens is 1. The summed E-state index contributed by atoms with van der Waals surface area (Å²) in [6.07, 6.45) is 3.17. The number of carbonyl (C=O) groups excluding carboxylic acids is 2. The fourth-order valence-electron chi connectivity index (χ4n) is 4.70. The molecule has 1 aromatic carbocycles. The van der Waals surface area contributed by atoms with Crippen LogP contribution in [0.25, 0.3) is 4.85 Å². The van der Waals surface area contributed by atoms with Crippen LogP contribution >= 0.6 is 0 Å². The van der Waals surface area contributed by atoms with E-state index in [0.29, 0.717) is 38.3 Å². The van der Waals surface area contributed by atoms with E-state index in [0.717, 1.165) is 36.7 Å². The fraction of sp³-hybridized carbons (Fsp3) is 0.520. The second-order valence-corrected chi connectivity index (χ2v) is 9.26. The number of nitrogens with zero attached hydrogens (tertiary/aromatic N) is 3. The van der Waals surface area contributed by atoms with E-state index in [1.807, 2.05) is 18.5 Å². The fourth-order valence-corrected chi connectivity index (χ4v) is 4.70. The van der Waals surface area contributed by atoms with Gasteiger partial charge in [0, 0.05) is 37.8 Å². The predicted molar refractivity (Wildman–Crippen MR) is 122 cm³/mol. The number of carbonyl (C=O) groups is 2. The number of amides is 1. The number of fused-ring (bicyclic) bond motifs is 1. The maximum absolute atomic E-state index is 13.5. The van der Waals surface area contributed by atoms with Gasteiger partial charge in [0.1, 0.15) is 5.82 Å². The van der Waals surface area contributed by atoms with Gasteiger partial charge in [-0.15, -0.1) is 0 Å². The van der Waals surface area contributed by atoms with E-state index < -0.39 is 11.8 Å². The van der Waals surface area contributed by atoms with Crippen LogP contribution in [0.2, 0.25) is 0 Å². The Morgan fingerprint density at radius 2 is 2.18 bits per heavy atom. The van der Waals surface area contributed by atoms with Crippen LogP contribution in [0.4, 0.5) is 10.1 Å². The normalized spacial score (nSPS) is 17.9. The molecule has 1 saturated heterocycles. The van der Waals surface area contributed by atoms with E-state index >= 15 is 0 Å². The van der Waals surface area contributed by atoms with Crippen LogP contribution < -0.4 is 5.32 Å². The molecule has 1 spiro atoms. The minimum atomic E-state index is -0.669. The third-order valence-electron chi connectivity index (χ3n) is 6.70. The molecule has 8 nitrogen and oxygen atoms in total. The molecule has 4 rings (SSSR count). The summed E-state index contributed by atoms with van der Waals surface area (Å²) < 4.78 is 26.4. The van der Waals surface area contributed by atoms with Crippen LogP contribution in [-0.4, -0.2) is 48.0 Å². The largest absolute Gasteiger partial charge is 0.462 e. The van der Waals surface area contributed by atoms with Crippen molar-refractivity contribution in [2.75, 3.05) is 26.4 Å². The summed E-state index contributed by atoms with van der Waals surface area (Å²) in [4.78, 5) is 28.4. The molecule has 2 aliphatic rings. The lowest BCUT2D eigenvalue weighted by molar-refractivity contribution is 0.0151. The molecule has 0 saturated carbocycles. The summed E-state index contributed by atoms with van der Waals surface area (Å²) in [6, 6.07) is 3.60. The number of nitrogens with one attached hydrogen (secondary N) is 1. The molecular formula is C25H29FN4O4. The Hall–Kier alpha value is -3.25. The van der Waals surface area contributed by atoms with Gasteiger partial charge in [-0.05, 0) is 49.3 Å². The van der Waals surface area contributed by atoms with Crippen LogP contribution in [0.5, 0.6) is 0 Å². The average molecular weight is 469 g/mol. The van der Waals surface area contributed by atoms with Crippen LogP contribution in [0.3, 0.4) is 0 Å². The summed E-state index contributed by atoms with van der Waals surface area (Å²) in [7, 11) is 0. The standard InChI is InChI=1S/C25H29FN4O4/c1-4-19-22-21(12-25(15-28-23(22)31)7-9-33-10-8-25)30(29-19)13-16(2)14-34-24(32)17-5-6-18(26)20(11-17)27-3/h5-6,11,16H,4,7-10,12-15H2,1-2H3,(H,28,31)/t16-/m1/s1. The number of aromatic nitrogens is 2. The average Bonchev–Trinajstić information content (AvgIpc) is 3.11. The number of hydrogen-bond acceptors (Lipinski definition) is 5. The van der Waals surface area contributed by atoms with Crippen LogP contribution in [0.15, 0.2) is 18.2 Å². The van der Waals surface area contributed by atoms with Gasteiger partial charge in [0.2, 0.25) is 5.69 Å². The molecule has 0 aliphatic carbocycles. The summed E-state index contributed by atoms with van der Waals surface area (Å²) in [5.74, 6) is -1.42. The van der Waals surface area contributed by atoms with Crippen molar-refractivity contribution in [1.82, 2.24) is 15.1 Å². The second kappa shape index (κ2) is 9.94. The first-order chi connectivity index (χ1) is 16.4. The molecule has 180 valence electrons. The van der Waals surface area contributed by atoms with Gasteiger partial charge in [-0.3, -0.25) is 9.48 Å². The van der Waals surface area contributed by atoms with E-state index in [1.165, 1.54) is 12.1 Å². The van der Waals surface area contributed by atoms with Crippen molar-refractivity contribution < 1.29 is 23.5 Å². The van der Waals surface area contributed by atoms with Crippen LogP contribution in [0.1, 0.15) is 58.8 Å². The number of rotatable bonds is 6. The Morgan fingerprint density at radius 1 is 1.41 bits per heavy atom. The molecule has 1 amide bonds. The molecule has 1 aromatic heterocycles. The van der Waals surface area contributed by atoms with Gasteiger partial charge in [0.05, 0.1) is 30.1 Å². The van der Waals surface area contributed by atoms with Crippen molar-refractivity contribution in [3.8, 4) is 0 Å². The van der Waals surface area contributed by atoms with Gasteiger partial charge >= 0.3 is 5.97 Å². The maximum atomic E-state index is 13.5. The zero-order valence-electron chi connectivity index (χ0n) is 19.5. The number of ether oxygens (including phenoxy) is 2. The first-order valence-electron chi connectivity index (χ1n) is 11.6. The zero-order chi connectivity index (χ0) is 24.3. The lowest BCUT2D eigenvalue weighted by Gasteiger charge is -2.36. The van der Waals surface area contributed by atoms with Crippen molar-refractivity contribution in [1.29, 1.82) is 0 Å². The summed E-state index contributed by atoms with van der Waals surface area (Å²) in [5, 5.41) is 7.86. The molecule has 0 bridgehead atoms. The molecule has 2 aliphatic heterocycles.